The highest BCUT2D eigenvalue weighted by Crippen LogP contribution is 2.33. The molecular weight excluding hydrogens is 368 g/mol. The molecule has 0 atom stereocenters. The highest BCUT2D eigenvalue weighted by Gasteiger charge is 2.30. The molecule has 0 unspecified atom stereocenters. The maximum Gasteiger partial charge on any atom is 0.309 e. The van der Waals surface area contributed by atoms with Crippen LogP contribution in [0.1, 0.15) is 52.3 Å². The molecule has 0 aliphatic heterocycles. The maximum atomic E-state index is 12.2. The Kier molecular flexibility index (Phi) is 5.75. The number of carbonyl (C=O) groups is 1. The van der Waals surface area contributed by atoms with E-state index < -0.39 is 5.60 Å². The summed E-state index contributed by atoms with van der Waals surface area (Å²) in [6.45, 7) is 7.41. The minimum atomic E-state index is -0.444. The number of halogens is 1. The average molecular weight is 393 g/mol. The van der Waals surface area contributed by atoms with Crippen molar-refractivity contribution in [1.29, 1.82) is 0 Å². The standard InChI is InChI=1S/C20H25ClN2O4/c1-12-22-18(23-27-12)16-10-9-15(11-17(16)21)25-14-7-5-13(6-8-14)19(24)26-20(2,3)4/h9-11,13-14H,5-8H2,1-4H3. The van der Waals surface area contributed by atoms with Crippen LogP contribution in [-0.4, -0.2) is 27.8 Å². The Morgan fingerprint density at radius 2 is 1.93 bits per heavy atom. The first-order valence-electron chi connectivity index (χ1n) is 9.21. The van der Waals surface area contributed by atoms with E-state index in [4.69, 9.17) is 25.6 Å². The molecular formula is C20H25ClN2O4. The molecule has 0 bridgehead atoms. The van der Waals surface area contributed by atoms with Crippen molar-refractivity contribution in [2.24, 2.45) is 5.92 Å². The van der Waals surface area contributed by atoms with Gasteiger partial charge in [0.1, 0.15) is 11.4 Å². The van der Waals surface area contributed by atoms with Gasteiger partial charge in [0.15, 0.2) is 0 Å². The minimum Gasteiger partial charge on any atom is -0.490 e. The van der Waals surface area contributed by atoms with Gasteiger partial charge in [-0.15, -0.1) is 0 Å². The van der Waals surface area contributed by atoms with Gasteiger partial charge in [-0.2, -0.15) is 4.98 Å². The van der Waals surface area contributed by atoms with E-state index in [0.717, 1.165) is 25.7 Å². The van der Waals surface area contributed by atoms with Crippen LogP contribution < -0.4 is 4.74 Å². The zero-order valence-corrected chi connectivity index (χ0v) is 16.9. The van der Waals surface area contributed by atoms with Crippen LogP contribution in [0.2, 0.25) is 5.02 Å². The number of esters is 1. The van der Waals surface area contributed by atoms with Crippen LogP contribution in [0.15, 0.2) is 22.7 Å². The quantitative estimate of drug-likeness (QED) is 0.683. The molecule has 0 spiro atoms. The van der Waals surface area contributed by atoms with Crippen molar-refractivity contribution in [3.8, 4) is 17.1 Å². The van der Waals surface area contributed by atoms with E-state index in [9.17, 15) is 4.79 Å². The SMILES string of the molecule is Cc1nc(-c2ccc(OC3CCC(C(=O)OC(C)(C)C)CC3)cc2Cl)no1. The fourth-order valence-electron chi connectivity index (χ4n) is 3.15. The Bertz CT molecular complexity index is 805. The highest BCUT2D eigenvalue weighted by molar-refractivity contribution is 6.33. The number of aryl methyl sites for hydroxylation is 1. The predicted octanol–water partition coefficient (Wildman–Crippen LogP) is 4.98. The van der Waals surface area contributed by atoms with Gasteiger partial charge in [-0.05, 0) is 64.7 Å². The molecule has 0 amide bonds. The van der Waals surface area contributed by atoms with Gasteiger partial charge in [0.05, 0.1) is 17.0 Å². The van der Waals surface area contributed by atoms with Crippen molar-refractivity contribution in [3.05, 3.63) is 29.1 Å². The normalized spacial score (nSPS) is 20.3. The Balaban J connectivity index is 1.56. The third-order valence-corrected chi connectivity index (χ3v) is 4.74. The summed E-state index contributed by atoms with van der Waals surface area (Å²) in [5, 5.41) is 4.40. The molecule has 6 nitrogen and oxygen atoms in total. The van der Waals surface area contributed by atoms with Gasteiger partial charge in [-0.1, -0.05) is 16.8 Å². The van der Waals surface area contributed by atoms with Crippen LogP contribution in [0, 0.1) is 12.8 Å². The molecule has 146 valence electrons. The average Bonchev–Trinajstić information content (AvgIpc) is 3.00. The molecule has 1 fully saturated rings. The molecule has 1 heterocycles. The molecule has 1 aromatic heterocycles. The molecule has 0 N–H and O–H groups in total. The maximum absolute atomic E-state index is 12.2. The Hall–Kier alpha value is -2.08. The van der Waals surface area contributed by atoms with Gasteiger partial charge in [0, 0.05) is 12.5 Å². The summed E-state index contributed by atoms with van der Waals surface area (Å²) in [5.41, 5.74) is 0.259. The van der Waals surface area contributed by atoms with Gasteiger partial charge in [0.2, 0.25) is 11.7 Å². The minimum absolute atomic E-state index is 0.0449. The van der Waals surface area contributed by atoms with Crippen molar-refractivity contribution in [2.75, 3.05) is 0 Å². The van der Waals surface area contributed by atoms with Crippen molar-refractivity contribution >= 4 is 17.6 Å². The first-order valence-corrected chi connectivity index (χ1v) is 9.59. The zero-order valence-electron chi connectivity index (χ0n) is 16.1. The van der Waals surface area contributed by atoms with Crippen LogP contribution in [0.5, 0.6) is 5.75 Å². The van der Waals surface area contributed by atoms with Crippen molar-refractivity contribution in [3.63, 3.8) is 0 Å². The number of ether oxygens (including phenoxy) is 2. The second-order valence-electron chi connectivity index (χ2n) is 7.90. The summed E-state index contributed by atoms with van der Waals surface area (Å²) in [5.74, 6) is 1.50. The molecule has 0 saturated heterocycles. The second-order valence-corrected chi connectivity index (χ2v) is 8.31. The van der Waals surface area contributed by atoms with Gasteiger partial charge >= 0.3 is 5.97 Å². The molecule has 2 aromatic rings. The van der Waals surface area contributed by atoms with Gasteiger partial charge in [-0.25, -0.2) is 0 Å². The third-order valence-electron chi connectivity index (χ3n) is 4.43. The lowest BCUT2D eigenvalue weighted by Gasteiger charge is -2.30. The van der Waals surface area contributed by atoms with Crippen LogP contribution in [0.4, 0.5) is 0 Å². The van der Waals surface area contributed by atoms with Crippen molar-refractivity contribution in [1.82, 2.24) is 10.1 Å². The van der Waals surface area contributed by atoms with Gasteiger partial charge in [-0.3, -0.25) is 4.79 Å². The summed E-state index contributed by atoms with van der Waals surface area (Å²) in [6, 6.07) is 5.45. The number of benzene rings is 1. The van der Waals surface area contributed by atoms with Crippen LogP contribution >= 0.6 is 11.6 Å². The number of hydrogen-bond donors (Lipinski definition) is 0. The number of hydrogen-bond acceptors (Lipinski definition) is 6. The van der Waals surface area contributed by atoms with Crippen molar-refractivity contribution < 1.29 is 18.8 Å². The summed E-state index contributed by atoms with van der Waals surface area (Å²) >= 11 is 6.35. The van der Waals surface area contributed by atoms with Gasteiger partial charge < -0.3 is 14.0 Å². The first-order chi connectivity index (χ1) is 12.7. The van der Waals surface area contributed by atoms with Crippen LogP contribution in [0.25, 0.3) is 11.4 Å². The second kappa shape index (κ2) is 7.89. The van der Waals surface area contributed by atoms with E-state index in [2.05, 4.69) is 10.1 Å². The monoisotopic (exact) mass is 392 g/mol. The smallest absolute Gasteiger partial charge is 0.309 e. The van der Waals surface area contributed by atoms with E-state index in [1.807, 2.05) is 32.9 Å². The highest BCUT2D eigenvalue weighted by atomic mass is 35.5. The summed E-state index contributed by atoms with van der Waals surface area (Å²) in [4.78, 5) is 16.4. The van der Waals surface area contributed by atoms with Crippen LogP contribution in [0.3, 0.4) is 0 Å². The lowest BCUT2D eigenvalue weighted by Crippen LogP contribution is -2.33. The van der Waals surface area contributed by atoms with Crippen LogP contribution in [-0.2, 0) is 9.53 Å². The summed E-state index contributed by atoms with van der Waals surface area (Å²) in [7, 11) is 0. The van der Waals surface area contributed by atoms with E-state index in [0.29, 0.717) is 28.1 Å². The Morgan fingerprint density at radius 1 is 1.22 bits per heavy atom. The molecule has 0 radical (unpaired) electrons. The number of aromatic nitrogens is 2. The molecule has 1 saturated carbocycles. The van der Waals surface area contributed by atoms with E-state index in [-0.39, 0.29) is 18.0 Å². The summed E-state index contributed by atoms with van der Waals surface area (Å²) in [6.07, 6.45) is 3.24. The molecule has 1 aliphatic rings. The Morgan fingerprint density at radius 3 is 2.48 bits per heavy atom. The van der Waals surface area contributed by atoms with E-state index in [1.165, 1.54) is 0 Å². The molecule has 7 heteroatoms. The number of rotatable bonds is 4. The van der Waals surface area contributed by atoms with E-state index >= 15 is 0 Å². The predicted molar refractivity (Wildman–Crippen MR) is 102 cm³/mol. The molecule has 27 heavy (non-hydrogen) atoms. The molecule has 3 rings (SSSR count). The Labute approximate surface area is 164 Å². The lowest BCUT2D eigenvalue weighted by atomic mass is 9.87. The van der Waals surface area contributed by atoms with Gasteiger partial charge in [0.25, 0.3) is 0 Å². The van der Waals surface area contributed by atoms with E-state index in [1.54, 1.807) is 13.0 Å². The topological polar surface area (TPSA) is 74.5 Å². The fraction of sp³-hybridized carbons (Fsp3) is 0.550. The third kappa shape index (κ3) is 5.22. The largest absolute Gasteiger partial charge is 0.490 e. The fourth-order valence-corrected chi connectivity index (χ4v) is 3.41. The summed E-state index contributed by atoms with van der Waals surface area (Å²) < 4.78 is 16.5. The van der Waals surface area contributed by atoms with Crippen molar-refractivity contribution in [2.45, 2.75) is 65.1 Å². The lowest BCUT2D eigenvalue weighted by molar-refractivity contribution is -0.161. The molecule has 1 aliphatic carbocycles. The number of nitrogens with zero attached hydrogens (tertiary/aromatic N) is 2. The molecule has 1 aromatic carbocycles. The first kappa shape index (κ1) is 19.7. The zero-order chi connectivity index (χ0) is 19.6. The number of carbonyl (C=O) groups excluding carboxylic acids is 1.